The van der Waals surface area contributed by atoms with Crippen LogP contribution in [0.25, 0.3) is 0 Å². The van der Waals surface area contributed by atoms with Gasteiger partial charge in [0.1, 0.15) is 9.96 Å². The molecule has 1 aromatic carbocycles. The molecule has 0 saturated carbocycles. The van der Waals surface area contributed by atoms with Crippen molar-refractivity contribution in [3.05, 3.63) is 40.8 Å². The van der Waals surface area contributed by atoms with Gasteiger partial charge in [0.05, 0.1) is 12.8 Å². The van der Waals surface area contributed by atoms with E-state index in [0.29, 0.717) is 18.0 Å². The van der Waals surface area contributed by atoms with E-state index < -0.39 is 10.0 Å². The molecule has 108 valence electrons. The summed E-state index contributed by atoms with van der Waals surface area (Å²) in [7, 11) is -2.00. The summed E-state index contributed by atoms with van der Waals surface area (Å²) in [5, 5.41) is 1.75. The number of rotatable bonds is 5. The zero-order valence-corrected chi connectivity index (χ0v) is 12.8. The molecular weight excluding hydrogens is 296 g/mol. The van der Waals surface area contributed by atoms with Gasteiger partial charge in [-0.25, -0.2) is 8.42 Å². The fraction of sp³-hybridized carbons (Fsp3) is 0.231. The van der Waals surface area contributed by atoms with Crippen molar-refractivity contribution in [2.45, 2.75) is 17.7 Å². The number of hydrogen-bond acceptors (Lipinski definition) is 5. The molecule has 2 aromatic rings. The standard InChI is InChI=1S/C13H16N2O3S2/c1-9-5-11(18-2)3-4-12(9)15-20(16,17)13-6-10(7-14)8-19-13/h3-6,8,15H,7,14H2,1-2H3. The van der Waals surface area contributed by atoms with Crippen LogP contribution in [0.4, 0.5) is 5.69 Å². The normalized spacial score (nSPS) is 11.3. The third-order valence-electron chi connectivity index (χ3n) is 2.81. The number of thiophene rings is 1. The molecule has 0 atom stereocenters. The number of sulfonamides is 1. The van der Waals surface area contributed by atoms with Crippen LogP contribution in [0.5, 0.6) is 5.75 Å². The highest BCUT2D eigenvalue weighted by atomic mass is 32.2. The summed E-state index contributed by atoms with van der Waals surface area (Å²) in [5.41, 5.74) is 7.63. The molecule has 0 aliphatic heterocycles. The van der Waals surface area contributed by atoms with Crippen molar-refractivity contribution in [2.75, 3.05) is 11.8 Å². The van der Waals surface area contributed by atoms with Crippen LogP contribution in [-0.4, -0.2) is 15.5 Å². The van der Waals surface area contributed by atoms with Crippen molar-refractivity contribution in [1.82, 2.24) is 0 Å². The third-order valence-corrected chi connectivity index (χ3v) is 5.66. The fourth-order valence-corrected chi connectivity index (χ4v) is 4.03. The molecule has 5 nitrogen and oxygen atoms in total. The summed E-state index contributed by atoms with van der Waals surface area (Å²) in [6, 6.07) is 6.76. The van der Waals surface area contributed by atoms with Crippen LogP contribution in [-0.2, 0) is 16.6 Å². The number of anilines is 1. The molecule has 0 saturated heterocycles. The number of hydrogen-bond donors (Lipinski definition) is 2. The summed E-state index contributed by atoms with van der Waals surface area (Å²) in [6.45, 7) is 2.15. The van der Waals surface area contributed by atoms with E-state index in [1.165, 1.54) is 0 Å². The van der Waals surface area contributed by atoms with E-state index in [1.54, 1.807) is 36.8 Å². The van der Waals surface area contributed by atoms with E-state index >= 15 is 0 Å². The lowest BCUT2D eigenvalue weighted by Crippen LogP contribution is -2.12. The Labute approximate surface area is 122 Å². The highest BCUT2D eigenvalue weighted by Crippen LogP contribution is 2.26. The van der Waals surface area contributed by atoms with Crippen LogP contribution in [0.2, 0.25) is 0 Å². The highest BCUT2D eigenvalue weighted by Gasteiger charge is 2.17. The maximum atomic E-state index is 12.3. The summed E-state index contributed by atoms with van der Waals surface area (Å²) >= 11 is 1.16. The van der Waals surface area contributed by atoms with E-state index in [0.717, 1.165) is 22.5 Å². The minimum absolute atomic E-state index is 0.258. The van der Waals surface area contributed by atoms with E-state index in [9.17, 15) is 8.42 Å². The van der Waals surface area contributed by atoms with Gasteiger partial charge in [-0.2, -0.15) is 0 Å². The van der Waals surface area contributed by atoms with Crippen molar-refractivity contribution < 1.29 is 13.2 Å². The second-order valence-electron chi connectivity index (χ2n) is 4.26. The Morgan fingerprint density at radius 3 is 2.65 bits per heavy atom. The van der Waals surface area contributed by atoms with Crippen LogP contribution >= 0.6 is 11.3 Å². The van der Waals surface area contributed by atoms with Crippen molar-refractivity contribution in [1.29, 1.82) is 0 Å². The molecule has 7 heteroatoms. The number of nitrogens with one attached hydrogen (secondary N) is 1. The van der Waals surface area contributed by atoms with Crippen LogP contribution in [0, 0.1) is 6.92 Å². The Morgan fingerprint density at radius 1 is 1.35 bits per heavy atom. The molecule has 0 spiro atoms. The number of aryl methyl sites for hydroxylation is 1. The first-order chi connectivity index (χ1) is 9.46. The van der Waals surface area contributed by atoms with Crippen LogP contribution < -0.4 is 15.2 Å². The van der Waals surface area contributed by atoms with Crippen LogP contribution in [0.1, 0.15) is 11.1 Å². The Hall–Kier alpha value is -1.57. The van der Waals surface area contributed by atoms with Gasteiger partial charge in [-0.3, -0.25) is 4.72 Å². The largest absolute Gasteiger partial charge is 0.497 e. The van der Waals surface area contributed by atoms with Gasteiger partial charge in [-0.1, -0.05) is 0 Å². The molecule has 1 aromatic heterocycles. The van der Waals surface area contributed by atoms with Gasteiger partial charge in [0.25, 0.3) is 10.0 Å². The Balaban J connectivity index is 2.28. The first kappa shape index (κ1) is 14.8. The molecule has 0 fully saturated rings. The topological polar surface area (TPSA) is 81.4 Å². The Bertz CT molecular complexity index is 708. The molecule has 0 amide bonds. The van der Waals surface area contributed by atoms with Crippen molar-refractivity contribution in [3.8, 4) is 5.75 Å². The van der Waals surface area contributed by atoms with Gasteiger partial charge < -0.3 is 10.5 Å². The lowest BCUT2D eigenvalue weighted by atomic mass is 10.2. The zero-order chi connectivity index (χ0) is 14.8. The fourth-order valence-electron chi connectivity index (χ4n) is 1.67. The predicted octanol–water partition coefficient (Wildman–Crippen LogP) is 2.32. The van der Waals surface area contributed by atoms with Crippen molar-refractivity contribution in [3.63, 3.8) is 0 Å². The third kappa shape index (κ3) is 3.12. The lowest BCUT2D eigenvalue weighted by Gasteiger charge is -2.10. The number of ether oxygens (including phenoxy) is 1. The Morgan fingerprint density at radius 2 is 2.10 bits per heavy atom. The summed E-state index contributed by atoms with van der Waals surface area (Å²) < 4.78 is 32.5. The van der Waals surface area contributed by atoms with Gasteiger partial charge in [0.2, 0.25) is 0 Å². The van der Waals surface area contributed by atoms with E-state index in [1.807, 2.05) is 6.92 Å². The molecular formula is C13H16N2O3S2. The summed E-state index contributed by atoms with van der Waals surface area (Å²) in [5.74, 6) is 0.687. The lowest BCUT2D eigenvalue weighted by molar-refractivity contribution is 0.414. The zero-order valence-electron chi connectivity index (χ0n) is 11.2. The first-order valence-corrected chi connectivity index (χ1v) is 8.27. The second-order valence-corrected chi connectivity index (χ2v) is 7.08. The molecule has 20 heavy (non-hydrogen) atoms. The van der Waals surface area contributed by atoms with Gasteiger partial charge in [0, 0.05) is 6.54 Å². The Kier molecular flexibility index (Phi) is 4.32. The van der Waals surface area contributed by atoms with E-state index in [2.05, 4.69) is 4.72 Å². The van der Waals surface area contributed by atoms with Crippen LogP contribution in [0.3, 0.4) is 0 Å². The second kappa shape index (κ2) is 5.82. The van der Waals surface area contributed by atoms with E-state index in [4.69, 9.17) is 10.5 Å². The van der Waals surface area contributed by atoms with E-state index in [-0.39, 0.29) is 4.21 Å². The van der Waals surface area contributed by atoms with Gasteiger partial charge >= 0.3 is 0 Å². The number of methoxy groups -OCH3 is 1. The molecule has 3 N–H and O–H groups in total. The molecule has 0 aliphatic carbocycles. The van der Waals surface area contributed by atoms with Crippen molar-refractivity contribution >= 4 is 27.0 Å². The maximum Gasteiger partial charge on any atom is 0.271 e. The first-order valence-electron chi connectivity index (χ1n) is 5.91. The number of benzene rings is 1. The molecule has 0 unspecified atom stereocenters. The van der Waals surface area contributed by atoms with Gasteiger partial charge in [-0.05, 0) is 47.7 Å². The predicted molar refractivity (Wildman–Crippen MR) is 80.7 cm³/mol. The summed E-state index contributed by atoms with van der Waals surface area (Å²) in [6.07, 6.45) is 0. The highest BCUT2D eigenvalue weighted by molar-refractivity contribution is 7.94. The molecule has 0 radical (unpaired) electrons. The average molecular weight is 312 g/mol. The molecule has 0 bridgehead atoms. The number of nitrogens with two attached hydrogens (primary N) is 1. The average Bonchev–Trinajstić information content (AvgIpc) is 2.90. The minimum Gasteiger partial charge on any atom is -0.497 e. The van der Waals surface area contributed by atoms with Crippen LogP contribution in [0.15, 0.2) is 33.9 Å². The van der Waals surface area contributed by atoms with Crippen molar-refractivity contribution in [2.24, 2.45) is 5.73 Å². The SMILES string of the molecule is COc1ccc(NS(=O)(=O)c2cc(CN)cs2)c(C)c1. The minimum atomic E-state index is -3.57. The quantitative estimate of drug-likeness (QED) is 0.888. The smallest absolute Gasteiger partial charge is 0.271 e. The molecule has 1 heterocycles. The molecule has 2 rings (SSSR count). The monoisotopic (exact) mass is 312 g/mol. The van der Waals surface area contributed by atoms with Gasteiger partial charge in [-0.15, -0.1) is 11.3 Å². The summed E-state index contributed by atoms with van der Waals surface area (Å²) in [4.78, 5) is 0. The molecule has 0 aliphatic rings. The maximum absolute atomic E-state index is 12.3. The van der Waals surface area contributed by atoms with Gasteiger partial charge in [0.15, 0.2) is 0 Å².